The maximum atomic E-state index is 13.1. The van der Waals surface area contributed by atoms with Gasteiger partial charge in [0.25, 0.3) is 5.91 Å². The molecule has 0 fully saturated rings. The highest BCUT2D eigenvalue weighted by Gasteiger charge is 2.26. The first-order valence-corrected chi connectivity index (χ1v) is 10.3. The van der Waals surface area contributed by atoms with Crippen molar-refractivity contribution >= 4 is 28.1 Å². The van der Waals surface area contributed by atoms with Crippen molar-refractivity contribution in [2.45, 2.75) is 32.1 Å². The van der Waals surface area contributed by atoms with E-state index in [2.05, 4.69) is 38.0 Å². The summed E-state index contributed by atoms with van der Waals surface area (Å²) in [6.07, 6.45) is 8.62. The van der Waals surface area contributed by atoms with Crippen LogP contribution in [0.2, 0.25) is 0 Å². The molecular weight excluding hydrogens is 372 g/mol. The summed E-state index contributed by atoms with van der Waals surface area (Å²) in [4.78, 5) is 17.7. The van der Waals surface area contributed by atoms with Gasteiger partial charge in [-0.1, -0.05) is 18.2 Å². The van der Waals surface area contributed by atoms with Crippen LogP contribution < -0.4 is 5.32 Å². The summed E-state index contributed by atoms with van der Waals surface area (Å²) in [5.41, 5.74) is 4.25. The van der Waals surface area contributed by atoms with Crippen LogP contribution >= 0.6 is 11.3 Å². The summed E-state index contributed by atoms with van der Waals surface area (Å²) in [7, 11) is 0. The van der Waals surface area contributed by atoms with E-state index in [0.29, 0.717) is 6.54 Å². The van der Waals surface area contributed by atoms with E-state index in [1.807, 2.05) is 18.3 Å². The number of aromatic amines is 1. The van der Waals surface area contributed by atoms with Gasteiger partial charge in [-0.2, -0.15) is 4.68 Å². The lowest BCUT2D eigenvalue weighted by atomic mass is 9.95. The molecular formula is C20H20N6OS. The van der Waals surface area contributed by atoms with Crippen molar-refractivity contribution in [1.82, 2.24) is 30.5 Å². The number of carbonyl (C=O) groups is 1. The summed E-state index contributed by atoms with van der Waals surface area (Å²) in [5, 5.41) is 16.6. The number of hydrogen-bond acceptors (Lipinski definition) is 5. The van der Waals surface area contributed by atoms with Gasteiger partial charge in [-0.25, -0.2) is 0 Å². The minimum absolute atomic E-state index is 0.0373. The molecule has 3 aromatic heterocycles. The monoisotopic (exact) mass is 392 g/mol. The van der Waals surface area contributed by atoms with Crippen LogP contribution in [0, 0.1) is 0 Å². The Kier molecular flexibility index (Phi) is 4.40. The molecule has 1 amide bonds. The molecule has 7 nitrogen and oxygen atoms in total. The Hall–Kier alpha value is -3.00. The van der Waals surface area contributed by atoms with Crippen molar-refractivity contribution in [1.29, 1.82) is 0 Å². The van der Waals surface area contributed by atoms with Crippen molar-refractivity contribution in [2.24, 2.45) is 0 Å². The Balaban J connectivity index is 1.37. The largest absolute Gasteiger partial charge is 0.361 e. The highest BCUT2D eigenvalue weighted by molar-refractivity contribution is 7.15. The molecule has 0 spiro atoms. The number of para-hydroxylation sites is 1. The zero-order chi connectivity index (χ0) is 18.9. The molecule has 3 heterocycles. The Bertz CT molecular complexity index is 1130. The predicted octanol–water partition coefficient (Wildman–Crippen LogP) is 3.06. The SMILES string of the molecule is O=C(NCCc1c[nH]c2ccccc12)c1c(-n2cnnn2)sc2c1CCCC2. The van der Waals surface area contributed by atoms with E-state index >= 15 is 0 Å². The number of tetrazole rings is 1. The zero-order valence-corrected chi connectivity index (χ0v) is 16.1. The lowest BCUT2D eigenvalue weighted by Crippen LogP contribution is -2.27. The third-order valence-electron chi connectivity index (χ3n) is 5.29. The van der Waals surface area contributed by atoms with Crippen LogP contribution in [0.5, 0.6) is 0 Å². The fourth-order valence-electron chi connectivity index (χ4n) is 3.94. The number of aryl methyl sites for hydroxylation is 1. The number of rotatable bonds is 5. The molecule has 0 saturated heterocycles. The van der Waals surface area contributed by atoms with Crippen molar-refractivity contribution in [3.8, 4) is 5.00 Å². The Morgan fingerprint density at radius 1 is 1.25 bits per heavy atom. The highest BCUT2D eigenvalue weighted by Crippen LogP contribution is 2.36. The van der Waals surface area contributed by atoms with Gasteiger partial charge in [0.05, 0.1) is 5.56 Å². The molecule has 0 bridgehead atoms. The lowest BCUT2D eigenvalue weighted by molar-refractivity contribution is 0.0953. The van der Waals surface area contributed by atoms with Gasteiger partial charge in [-0.15, -0.1) is 16.4 Å². The summed E-state index contributed by atoms with van der Waals surface area (Å²) in [5.74, 6) is -0.0373. The van der Waals surface area contributed by atoms with E-state index in [1.54, 1.807) is 22.3 Å². The van der Waals surface area contributed by atoms with Crippen LogP contribution in [0.3, 0.4) is 0 Å². The Morgan fingerprint density at radius 2 is 2.14 bits per heavy atom. The molecule has 0 aliphatic heterocycles. The highest BCUT2D eigenvalue weighted by atomic mass is 32.1. The summed E-state index contributed by atoms with van der Waals surface area (Å²) < 4.78 is 1.61. The van der Waals surface area contributed by atoms with E-state index in [0.717, 1.165) is 41.8 Å². The van der Waals surface area contributed by atoms with Crippen LogP contribution in [-0.4, -0.2) is 37.6 Å². The number of thiophene rings is 1. The maximum Gasteiger partial charge on any atom is 0.254 e. The molecule has 5 rings (SSSR count). The number of H-pyrrole nitrogens is 1. The molecule has 4 aromatic rings. The molecule has 0 unspecified atom stereocenters. The van der Waals surface area contributed by atoms with Crippen molar-refractivity contribution in [3.63, 3.8) is 0 Å². The molecule has 0 radical (unpaired) electrons. The van der Waals surface area contributed by atoms with Gasteiger partial charge >= 0.3 is 0 Å². The van der Waals surface area contributed by atoms with Gasteiger partial charge in [-0.05, 0) is 59.7 Å². The fourth-order valence-corrected chi connectivity index (χ4v) is 5.24. The number of benzene rings is 1. The molecule has 0 atom stereocenters. The quantitative estimate of drug-likeness (QED) is 0.546. The van der Waals surface area contributed by atoms with E-state index in [9.17, 15) is 4.79 Å². The second-order valence-corrected chi connectivity index (χ2v) is 8.09. The fraction of sp³-hybridized carbons (Fsp3) is 0.300. The standard InChI is InChI=1S/C20H20N6OS/c27-19(21-10-9-13-11-22-16-7-3-1-5-14(13)16)18-15-6-2-4-8-17(15)28-20(18)26-12-23-24-25-26/h1,3,5,7,11-12,22H,2,4,6,8-10H2,(H,21,27). The van der Waals surface area contributed by atoms with Gasteiger partial charge in [0, 0.05) is 28.5 Å². The first kappa shape index (κ1) is 17.1. The average molecular weight is 392 g/mol. The maximum absolute atomic E-state index is 13.1. The van der Waals surface area contributed by atoms with Crippen LogP contribution in [-0.2, 0) is 19.3 Å². The molecule has 0 saturated carbocycles. The summed E-state index contributed by atoms with van der Waals surface area (Å²) in [6, 6.07) is 8.22. The van der Waals surface area contributed by atoms with Crippen LogP contribution in [0.15, 0.2) is 36.8 Å². The van der Waals surface area contributed by atoms with Gasteiger partial charge in [-0.3, -0.25) is 4.79 Å². The van der Waals surface area contributed by atoms with E-state index < -0.39 is 0 Å². The smallest absolute Gasteiger partial charge is 0.254 e. The minimum atomic E-state index is -0.0373. The molecule has 2 N–H and O–H groups in total. The van der Waals surface area contributed by atoms with E-state index in [-0.39, 0.29) is 5.91 Å². The van der Waals surface area contributed by atoms with Crippen LogP contribution in [0.1, 0.15) is 39.2 Å². The minimum Gasteiger partial charge on any atom is -0.361 e. The number of aromatic nitrogens is 5. The lowest BCUT2D eigenvalue weighted by Gasteiger charge is -2.13. The normalized spacial score (nSPS) is 13.6. The van der Waals surface area contributed by atoms with Gasteiger partial charge < -0.3 is 10.3 Å². The number of amides is 1. The van der Waals surface area contributed by atoms with Gasteiger partial charge in [0.2, 0.25) is 0 Å². The molecule has 1 aromatic carbocycles. The third-order valence-corrected chi connectivity index (χ3v) is 6.57. The van der Waals surface area contributed by atoms with Crippen molar-refractivity contribution < 1.29 is 4.79 Å². The number of hydrogen-bond donors (Lipinski definition) is 2. The second kappa shape index (κ2) is 7.20. The molecule has 1 aliphatic carbocycles. The van der Waals surface area contributed by atoms with Crippen molar-refractivity contribution in [3.05, 3.63) is 58.4 Å². The van der Waals surface area contributed by atoms with E-state index in [1.165, 1.54) is 27.8 Å². The summed E-state index contributed by atoms with van der Waals surface area (Å²) >= 11 is 1.64. The zero-order valence-electron chi connectivity index (χ0n) is 15.3. The third kappa shape index (κ3) is 2.99. The van der Waals surface area contributed by atoms with Gasteiger partial charge in [0.1, 0.15) is 11.3 Å². The topological polar surface area (TPSA) is 88.5 Å². The first-order valence-electron chi connectivity index (χ1n) is 9.52. The Labute approximate surface area is 165 Å². The van der Waals surface area contributed by atoms with Crippen molar-refractivity contribution in [2.75, 3.05) is 6.54 Å². The van der Waals surface area contributed by atoms with Crippen LogP contribution in [0.4, 0.5) is 0 Å². The van der Waals surface area contributed by atoms with Crippen LogP contribution in [0.25, 0.3) is 15.9 Å². The average Bonchev–Trinajstić information content (AvgIpc) is 3.46. The van der Waals surface area contributed by atoms with Gasteiger partial charge in [0.15, 0.2) is 0 Å². The number of carbonyl (C=O) groups excluding carboxylic acids is 1. The predicted molar refractivity (Wildman–Crippen MR) is 108 cm³/mol. The first-order chi connectivity index (χ1) is 13.8. The number of fused-ring (bicyclic) bond motifs is 2. The Morgan fingerprint density at radius 3 is 3.04 bits per heavy atom. The molecule has 8 heteroatoms. The number of nitrogens with zero attached hydrogens (tertiary/aromatic N) is 4. The molecule has 28 heavy (non-hydrogen) atoms. The summed E-state index contributed by atoms with van der Waals surface area (Å²) in [6.45, 7) is 0.584. The number of nitrogens with one attached hydrogen (secondary N) is 2. The molecule has 1 aliphatic rings. The van der Waals surface area contributed by atoms with E-state index in [4.69, 9.17) is 0 Å². The molecule has 142 valence electrons. The second-order valence-electron chi connectivity index (χ2n) is 7.01.